The number of allylic oxidation sites excluding steroid dienone is 1. The molecule has 0 bridgehead atoms. The molecule has 0 amide bonds. The van der Waals surface area contributed by atoms with Gasteiger partial charge in [0.1, 0.15) is 5.78 Å². The lowest BCUT2D eigenvalue weighted by Crippen LogP contribution is -2.40. The van der Waals surface area contributed by atoms with Crippen LogP contribution in [0.4, 0.5) is 0 Å². The highest BCUT2D eigenvalue weighted by molar-refractivity contribution is 7.12. The SMILES string of the molecule is COC(=O)C1=C(C)N=C2C[C@@H](c3cccs3)CC(=O)C2[C@H]1c1ccc(C)s1. The summed E-state index contributed by atoms with van der Waals surface area (Å²) in [4.78, 5) is 33.9. The second-order valence-electron chi connectivity index (χ2n) is 7.08. The molecule has 3 heterocycles. The van der Waals surface area contributed by atoms with E-state index in [2.05, 4.69) is 6.07 Å². The quantitative estimate of drug-likeness (QED) is 0.692. The number of methoxy groups -OCH3 is 1. The molecule has 140 valence electrons. The first-order chi connectivity index (χ1) is 13.0. The van der Waals surface area contributed by atoms with E-state index in [1.54, 1.807) is 22.7 Å². The van der Waals surface area contributed by atoms with Gasteiger partial charge in [0.05, 0.1) is 18.6 Å². The van der Waals surface area contributed by atoms with E-state index in [0.29, 0.717) is 17.7 Å². The third kappa shape index (κ3) is 3.21. The Bertz CT molecular complexity index is 952. The smallest absolute Gasteiger partial charge is 0.336 e. The Morgan fingerprint density at radius 3 is 2.59 bits per heavy atom. The van der Waals surface area contributed by atoms with Gasteiger partial charge in [-0.25, -0.2) is 4.79 Å². The van der Waals surface area contributed by atoms with Gasteiger partial charge in [0.15, 0.2) is 0 Å². The molecule has 2 aromatic heterocycles. The van der Waals surface area contributed by atoms with E-state index in [1.165, 1.54) is 12.0 Å². The van der Waals surface area contributed by atoms with Crippen molar-refractivity contribution in [3.05, 3.63) is 55.5 Å². The zero-order valence-electron chi connectivity index (χ0n) is 15.5. The molecule has 3 atom stereocenters. The van der Waals surface area contributed by atoms with Crippen molar-refractivity contribution >= 4 is 40.1 Å². The van der Waals surface area contributed by atoms with Crippen LogP contribution >= 0.6 is 22.7 Å². The first-order valence-electron chi connectivity index (χ1n) is 8.98. The first kappa shape index (κ1) is 18.3. The largest absolute Gasteiger partial charge is 0.466 e. The number of hydrogen-bond acceptors (Lipinski definition) is 6. The Morgan fingerprint density at radius 2 is 1.96 bits per heavy atom. The molecule has 2 aliphatic rings. The maximum absolute atomic E-state index is 13.2. The number of ether oxygens (including phenoxy) is 1. The fourth-order valence-corrected chi connectivity index (χ4v) is 6.06. The summed E-state index contributed by atoms with van der Waals surface area (Å²) in [5.41, 5.74) is 2.10. The molecule has 4 rings (SSSR count). The standard InChI is InChI=1S/C21H21NO3S2/c1-11-6-7-17(27-11)20-18(21(24)25-3)12(2)22-14-9-13(10-15(23)19(14)20)16-5-4-8-26-16/h4-8,13,19-20H,9-10H2,1-3H3/t13-,19?,20+/m1/s1. The maximum atomic E-state index is 13.2. The zero-order chi connectivity index (χ0) is 19.1. The number of rotatable bonds is 3. The number of esters is 1. The van der Waals surface area contributed by atoms with Crippen LogP contribution in [0.15, 0.2) is 45.9 Å². The van der Waals surface area contributed by atoms with Crippen molar-refractivity contribution < 1.29 is 14.3 Å². The molecule has 1 aliphatic heterocycles. The molecule has 0 saturated heterocycles. The number of thiophene rings is 2. The molecule has 4 nitrogen and oxygen atoms in total. The summed E-state index contributed by atoms with van der Waals surface area (Å²) in [6.45, 7) is 3.89. The van der Waals surface area contributed by atoms with Gasteiger partial charge in [-0.15, -0.1) is 22.7 Å². The van der Waals surface area contributed by atoms with Gasteiger partial charge in [0, 0.05) is 44.3 Å². The summed E-state index contributed by atoms with van der Waals surface area (Å²) in [6.07, 6.45) is 1.27. The van der Waals surface area contributed by atoms with Crippen LogP contribution in [0.3, 0.4) is 0 Å². The molecular formula is C21H21NO3S2. The summed E-state index contributed by atoms with van der Waals surface area (Å²) in [5, 5.41) is 2.05. The van der Waals surface area contributed by atoms with Gasteiger partial charge in [-0.1, -0.05) is 6.07 Å². The van der Waals surface area contributed by atoms with E-state index in [0.717, 1.165) is 21.9 Å². The molecule has 2 aromatic rings. The third-order valence-corrected chi connectivity index (χ3v) is 7.49. The molecule has 27 heavy (non-hydrogen) atoms. The van der Waals surface area contributed by atoms with Crippen LogP contribution in [0, 0.1) is 12.8 Å². The van der Waals surface area contributed by atoms with Crippen molar-refractivity contribution in [2.24, 2.45) is 10.9 Å². The highest BCUT2D eigenvalue weighted by atomic mass is 32.1. The number of hydrogen-bond donors (Lipinski definition) is 0. The maximum Gasteiger partial charge on any atom is 0.336 e. The summed E-state index contributed by atoms with van der Waals surface area (Å²) in [5.74, 6) is -0.689. The fraction of sp³-hybridized carbons (Fsp3) is 0.381. The van der Waals surface area contributed by atoms with Crippen LogP contribution in [-0.2, 0) is 14.3 Å². The topological polar surface area (TPSA) is 55.7 Å². The molecule has 6 heteroatoms. The Hall–Kier alpha value is -2.05. The number of fused-ring (bicyclic) bond motifs is 1. The Morgan fingerprint density at radius 1 is 1.15 bits per heavy atom. The van der Waals surface area contributed by atoms with Crippen LogP contribution in [0.25, 0.3) is 0 Å². The summed E-state index contributed by atoms with van der Waals surface area (Å²) in [7, 11) is 1.38. The molecule has 0 aromatic carbocycles. The number of nitrogens with zero attached hydrogens (tertiary/aromatic N) is 1. The molecule has 1 unspecified atom stereocenters. The average molecular weight is 400 g/mol. The lowest BCUT2D eigenvalue weighted by Gasteiger charge is -2.37. The zero-order valence-corrected chi connectivity index (χ0v) is 17.2. The fourth-order valence-electron chi connectivity index (χ4n) is 4.20. The Balaban J connectivity index is 1.80. The van der Waals surface area contributed by atoms with Gasteiger partial charge in [0.2, 0.25) is 0 Å². The lowest BCUT2D eigenvalue weighted by molar-refractivity contribution is -0.136. The first-order valence-corrected chi connectivity index (χ1v) is 10.7. The van der Waals surface area contributed by atoms with E-state index in [-0.39, 0.29) is 29.5 Å². The molecule has 1 fully saturated rings. The molecule has 0 spiro atoms. The number of carbonyl (C=O) groups is 2. The number of Topliss-reactive ketones (excluding diaryl/α,β-unsaturated/α-hetero) is 1. The van der Waals surface area contributed by atoms with Crippen LogP contribution < -0.4 is 0 Å². The van der Waals surface area contributed by atoms with Crippen molar-refractivity contribution in [3.8, 4) is 0 Å². The van der Waals surface area contributed by atoms with Gasteiger partial charge in [0.25, 0.3) is 0 Å². The normalized spacial score (nSPS) is 25.2. The van der Waals surface area contributed by atoms with Gasteiger partial charge >= 0.3 is 5.97 Å². The van der Waals surface area contributed by atoms with Crippen molar-refractivity contribution in [1.82, 2.24) is 0 Å². The summed E-state index contributed by atoms with van der Waals surface area (Å²) >= 11 is 3.33. The number of carbonyl (C=O) groups excluding carboxylic acids is 2. The van der Waals surface area contributed by atoms with Crippen molar-refractivity contribution in [2.75, 3.05) is 7.11 Å². The van der Waals surface area contributed by atoms with E-state index in [9.17, 15) is 9.59 Å². The van der Waals surface area contributed by atoms with Gasteiger partial charge in [-0.3, -0.25) is 9.79 Å². The van der Waals surface area contributed by atoms with Crippen LogP contribution in [0.2, 0.25) is 0 Å². The van der Waals surface area contributed by atoms with Crippen LogP contribution in [0.1, 0.15) is 46.2 Å². The van der Waals surface area contributed by atoms with Crippen LogP contribution in [-0.4, -0.2) is 24.6 Å². The molecule has 0 N–H and O–H groups in total. The van der Waals surface area contributed by atoms with E-state index >= 15 is 0 Å². The molecular weight excluding hydrogens is 378 g/mol. The second kappa shape index (κ2) is 7.17. The summed E-state index contributed by atoms with van der Waals surface area (Å²) in [6, 6.07) is 8.19. The van der Waals surface area contributed by atoms with E-state index in [1.807, 2.05) is 37.4 Å². The third-order valence-electron chi connectivity index (χ3n) is 5.37. The number of aryl methyl sites for hydroxylation is 1. The average Bonchev–Trinajstić information content (AvgIpc) is 3.31. The monoisotopic (exact) mass is 399 g/mol. The van der Waals surface area contributed by atoms with Crippen molar-refractivity contribution in [1.29, 1.82) is 0 Å². The van der Waals surface area contributed by atoms with Crippen molar-refractivity contribution in [2.45, 2.75) is 38.5 Å². The van der Waals surface area contributed by atoms with E-state index < -0.39 is 0 Å². The second-order valence-corrected chi connectivity index (χ2v) is 9.38. The highest BCUT2D eigenvalue weighted by Crippen LogP contribution is 2.47. The number of ketones is 1. The molecule has 0 radical (unpaired) electrons. The van der Waals surface area contributed by atoms with Crippen molar-refractivity contribution in [3.63, 3.8) is 0 Å². The minimum Gasteiger partial charge on any atom is -0.466 e. The predicted octanol–water partition coefficient (Wildman–Crippen LogP) is 4.87. The molecule has 1 saturated carbocycles. The van der Waals surface area contributed by atoms with Gasteiger partial charge in [-0.05, 0) is 43.8 Å². The Labute approximate surface area is 166 Å². The van der Waals surface area contributed by atoms with Crippen LogP contribution in [0.5, 0.6) is 0 Å². The minimum atomic E-state index is -0.389. The van der Waals surface area contributed by atoms with Gasteiger partial charge < -0.3 is 4.74 Å². The highest BCUT2D eigenvalue weighted by Gasteiger charge is 2.46. The number of aliphatic imine (C=N–C) groups is 1. The lowest BCUT2D eigenvalue weighted by atomic mass is 9.68. The summed E-state index contributed by atoms with van der Waals surface area (Å²) < 4.78 is 5.04. The molecule has 1 aliphatic carbocycles. The van der Waals surface area contributed by atoms with E-state index in [4.69, 9.17) is 9.73 Å². The Kier molecular flexibility index (Phi) is 4.86. The minimum absolute atomic E-state index is 0.170. The van der Waals surface area contributed by atoms with Gasteiger partial charge in [-0.2, -0.15) is 0 Å². The predicted molar refractivity (Wildman–Crippen MR) is 109 cm³/mol.